The van der Waals surface area contributed by atoms with Crippen molar-refractivity contribution in [2.24, 2.45) is 0 Å². The minimum Gasteiger partial charge on any atom is -0.508 e. The molecule has 0 aliphatic carbocycles. The Hall–Kier alpha value is -2.11. The summed E-state index contributed by atoms with van der Waals surface area (Å²) in [6.07, 6.45) is -4.50. The van der Waals surface area contributed by atoms with Crippen molar-refractivity contribution in [1.29, 1.82) is 0 Å². The van der Waals surface area contributed by atoms with E-state index < -0.39 is 11.9 Å². The summed E-state index contributed by atoms with van der Waals surface area (Å²) < 4.78 is 37.8. The number of nitrogens with zero attached hydrogens (tertiary/aromatic N) is 2. The van der Waals surface area contributed by atoms with E-state index in [1.807, 2.05) is 0 Å². The van der Waals surface area contributed by atoms with E-state index in [9.17, 15) is 13.2 Å². The first-order valence-corrected chi connectivity index (χ1v) is 5.08. The highest BCUT2D eigenvalue weighted by atomic mass is 19.4. The molecule has 1 aromatic carbocycles. The van der Waals surface area contributed by atoms with Crippen molar-refractivity contribution in [3.05, 3.63) is 41.7 Å². The third kappa shape index (κ3) is 2.58. The van der Waals surface area contributed by atoms with Gasteiger partial charge in [0.25, 0.3) is 0 Å². The molecule has 0 bridgehead atoms. The molecule has 2 rings (SSSR count). The monoisotopic (exact) mass is 254 g/mol. The van der Waals surface area contributed by atoms with Gasteiger partial charge in [-0.25, -0.2) is 9.97 Å². The number of rotatable bonds is 1. The van der Waals surface area contributed by atoms with E-state index in [1.165, 1.54) is 31.2 Å². The average molecular weight is 254 g/mol. The first kappa shape index (κ1) is 12.3. The Morgan fingerprint density at radius 2 is 1.67 bits per heavy atom. The maximum atomic E-state index is 12.6. The van der Waals surface area contributed by atoms with Gasteiger partial charge in [0.2, 0.25) is 0 Å². The predicted molar refractivity (Wildman–Crippen MR) is 58.9 cm³/mol. The van der Waals surface area contributed by atoms with Gasteiger partial charge in [-0.2, -0.15) is 13.2 Å². The Bertz CT molecular complexity index is 565. The van der Waals surface area contributed by atoms with Crippen LogP contribution in [-0.4, -0.2) is 15.1 Å². The first-order chi connectivity index (χ1) is 8.36. The van der Waals surface area contributed by atoms with E-state index in [2.05, 4.69) is 9.97 Å². The van der Waals surface area contributed by atoms with E-state index in [4.69, 9.17) is 5.11 Å². The summed E-state index contributed by atoms with van der Waals surface area (Å²) in [4.78, 5) is 7.44. The molecule has 1 aromatic heterocycles. The van der Waals surface area contributed by atoms with Gasteiger partial charge in [0.15, 0.2) is 5.82 Å². The third-order valence-electron chi connectivity index (χ3n) is 2.27. The molecule has 0 fully saturated rings. The topological polar surface area (TPSA) is 46.0 Å². The van der Waals surface area contributed by atoms with Gasteiger partial charge in [0, 0.05) is 11.3 Å². The zero-order chi connectivity index (χ0) is 13.3. The lowest BCUT2D eigenvalue weighted by Crippen LogP contribution is -2.10. The van der Waals surface area contributed by atoms with Crippen LogP contribution < -0.4 is 0 Å². The number of phenols is 1. The first-order valence-electron chi connectivity index (χ1n) is 5.08. The third-order valence-corrected chi connectivity index (χ3v) is 2.27. The Morgan fingerprint density at radius 3 is 2.22 bits per heavy atom. The summed E-state index contributed by atoms with van der Waals surface area (Å²) in [5.74, 6) is 0.0183. The number of phenolic OH excluding ortho intramolecular Hbond substituents is 1. The Morgan fingerprint density at radius 1 is 1.06 bits per heavy atom. The van der Waals surface area contributed by atoms with Crippen LogP contribution in [-0.2, 0) is 6.18 Å². The summed E-state index contributed by atoms with van der Waals surface area (Å²) in [5, 5.41) is 9.12. The van der Waals surface area contributed by atoms with Crippen molar-refractivity contribution in [3.8, 4) is 17.1 Å². The zero-order valence-corrected chi connectivity index (χ0v) is 9.36. The van der Waals surface area contributed by atoms with Crippen LogP contribution in [0.15, 0.2) is 30.3 Å². The number of benzene rings is 1. The van der Waals surface area contributed by atoms with Crippen LogP contribution in [0.5, 0.6) is 5.75 Å². The molecule has 2 aromatic rings. The lowest BCUT2D eigenvalue weighted by Gasteiger charge is -2.08. The fourth-order valence-corrected chi connectivity index (χ4v) is 1.45. The number of alkyl halides is 3. The van der Waals surface area contributed by atoms with Crippen molar-refractivity contribution in [3.63, 3.8) is 0 Å². The molecule has 6 heteroatoms. The smallest absolute Gasteiger partial charge is 0.433 e. The molecular weight excluding hydrogens is 245 g/mol. The van der Waals surface area contributed by atoms with Crippen molar-refractivity contribution in [2.75, 3.05) is 0 Å². The van der Waals surface area contributed by atoms with Gasteiger partial charge in [0.05, 0.1) is 0 Å². The molecule has 1 N–H and O–H groups in total. The van der Waals surface area contributed by atoms with E-state index >= 15 is 0 Å². The summed E-state index contributed by atoms with van der Waals surface area (Å²) >= 11 is 0. The number of halogens is 3. The summed E-state index contributed by atoms with van der Waals surface area (Å²) in [7, 11) is 0. The largest absolute Gasteiger partial charge is 0.508 e. The molecule has 0 amide bonds. The van der Waals surface area contributed by atoms with Crippen LogP contribution in [0.25, 0.3) is 11.4 Å². The standard InChI is InChI=1S/C12H9F3N2O/c1-7-6-10(12(13,14)15)17-11(16-7)8-2-4-9(18)5-3-8/h2-6,18H,1H3. The van der Waals surface area contributed by atoms with Gasteiger partial charge in [-0.15, -0.1) is 0 Å². The number of hydrogen-bond acceptors (Lipinski definition) is 3. The van der Waals surface area contributed by atoms with Crippen LogP contribution in [0.2, 0.25) is 0 Å². The van der Waals surface area contributed by atoms with Crippen molar-refractivity contribution in [1.82, 2.24) is 9.97 Å². The number of aromatic hydroxyl groups is 1. The van der Waals surface area contributed by atoms with Crippen molar-refractivity contribution >= 4 is 0 Å². The zero-order valence-electron chi connectivity index (χ0n) is 9.36. The molecule has 0 saturated heterocycles. The van der Waals surface area contributed by atoms with Gasteiger partial charge in [-0.3, -0.25) is 0 Å². The van der Waals surface area contributed by atoms with E-state index in [-0.39, 0.29) is 17.3 Å². The van der Waals surface area contributed by atoms with Crippen LogP contribution in [0.4, 0.5) is 13.2 Å². The van der Waals surface area contributed by atoms with Crippen LogP contribution in [0.3, 0.4) is 0 Å². The van der Waals surface area contributed by atoms with Gasteiger partial charge in [-0.1, -0.05) is 0 Å². The number of aryl methyl sites for hydroxylation is 1. The number of aromatic nitrogens is 2. The molecule has 0 aliphatic heterocycles. The highest BCUT2D eigenvalue weighted by Gasteiger charge is 2.33. The normalized spacial score (nSPS) is 11.6. The van der Waals surface area contributed by atoms with Crippen molar-refractivity contribution in [2.45, 2.75) is 13.1 Å². The lowest BCUT2D eigenvalue weighted by molar-refractivity contribution is -0.141. The van der Waals surface area contributed by atoms with Crippen LogP contribution >= 0.6 is 0 Å². The fourth-order valence-electron chi connectivity index (χ4n) is 1.45. The lowest BCUT2D eigenvalue weighted by atomic mass is 10.2. The Balaban J connectivity index is 2.52. The molecule has 0 atom stereocenters. The fraction of sp³-hybridized carbons (Fsp3) is 0.167. The van der Waals surface area contributed by atoms with Crippen molar-refractivity contribution < 1.29 is 18.3 Å². The Labute approximate surface area is 101 Å². The van der Waals surface area contributed by atoms with Gasteiger partial charge in [-0.05, 0) is 37.3 Å². The SMILES string of the molecule is Cc1cc(C(F)(F)F)nc(-c2ccc(O)cc2)n1. The predicted octanol–water partition coefficient (Wildman–Crippen LogP) is 3.18. The van der Waals surface area contributed by atoms with Gasteiger partial charge < -0.3 is 5.11 Å². The van der Waals surface area contributed by atoms with Gasteiger partial charge in [0.1, 0.15) is 11.4 Å². The van der Waals surface area contributed by atoms with E-state index in [1.54, 1.807) is 0 Å². The van der Waals surface area contributed by atoms with E-state index in [0.29, 0.717) is 5.56 Å². The molecule has 0 aliphatic rings. The molecule has 94 valence electrons. The summed E-state index contributed by atoms with van der Waals surface area (Å²) in [5.41, 5.74) is -0.319. The maximum absolute atomic E-state index is 12.6. The maximum Gasteiger partial charge on any atom is 0.433 e. The average Bonchev–Trinajstić information content (AvgIpc) is 2.28. The highest BCUT2D eigenvalue weighted by molar-refractivity contribution is 5.56. The minimum absolute atomic E-state index is 0.0117. The molecular formula is C12H9F3N2O. The Kier molecular flexibility index (Phi) is 2.94. The molecule has 0 saturated carbocycles. The minimum atomic E-state index is -4.50. The highest BCUT2D eigenvalue weighted by Crippen LogP contribution is 2.29. The second kappa shape index (κ2) is 4.29. The molecule has 0 radical (unpaired) electrons. The van der Waals surface area contributed by atoms with Crippen LogP contribution in [0, 0.1) is 6.92 Å². The number of hydrogen-bond donors (Lipinski definition) is 1. The molecule has 3 nitrogen and oxygen atoms in total. The second-order valence-electron chi connectivity index (χ2n) is 3.76. The molecule has 1 heterocycles. The summed E-state index contributed by atoms with van der Waals surface area (Å²) in [6, 6.07) is 6.56. The quantitative estimate of drug-likeness (QED) is 0.850. The molecule has 0 unspecified atom stereocenters. The summed E-state index contributed by atoms with van der Waals surface area (Å²) in [6.45, 7) is 1.47. The van der Waals surface area contributed by atoms with E-state index in [0.717, 1.165) is 6.07 Å². The second-order valence-corrected chi connectivity index (χ2v) is 3.76. The molecule has 18 heavy (non-hydrogen) atoms. The van der Waals surface area contributed by atoms with Crippen LogP contribution in [0.1, 0.15) is 11.4 Å². The molecule has 0 spiro atoms. The van der Waals surface area contributed by atoms with Gasteiger partial charge >= 0.3 is 6.18 Å².